The first kappa shape index (κ1) is 16.9. The Balaban J connectivity index is 1.64. The number of rotatable bonds is 4. The van der Waals surface area contributed by atoms with Crippen LogP contribution in [0.4, 0.5) is 0 Å². The first-order chi connectivity index (χ1) is 12.8. The number of carbonyl (C=O) groups is 1. The van der Waals surface area contributed by atoms with Crippen molar-refractivity contribution in [3.05, 3.63) is 71.9 Å². The lowest BCUT2D eigenvalue weighted by Gasteiger charge is -2.34. The van der Waals surface area contributed by atoms with E-state index in [0.29, 0.717) is 0 Å². The van der Waals surface area contributed by atoms with E-state index in [0.717, 1.165) is 55.7 Å². The van der Waals surface area contributed by atoms with Crippen LogP contribution in [0.15, 0.2) is 60.8 Å². The molecule has 1 aliphatic heterocycles. The standard InChI is InChI=1S/C22H25N3O/c1-2-23-12-14-24(15-13-23)22(26)20-17-25(16-18-8-4-3-5-9-18)21-11-7-6-10-19(20)21/h3-11,17H,2,12-16H2,1H3. The number of fused-ring (bicyclic) bond motifs is 1. The second-order valence-electron chi connectivity index (χ2n) is 6.90. The lowest BCUT2D eigenvalue weighted by Crippen LogP contribution is -2.48. The maximum Gasteiger partial charge on any atom is 0.256 e. The maximum atomic E-state index is 13.2. The first-order valence-electron chi connectivity index (χ1n) is 9.39. The third-order valence-corrected chi connectivity index (χ3v) is 5.32. The largest absolute Gasteiger partial charge is 0.342 e. The molecule has 0 unspecified atom stereocenters. The Kier molecular flexibility index (Phi) is 4.76. The van der Waals surface area contributed by atoms with E-state index in [1.54, 1.807) is 0 Å². The molecule has 1 aliphatic rings. The number of benzene rings is 2. The second-order valence-corrected chi connectivity index (χ2v) is 6.90. The van der Waals surface area contributed by atoms with Crippen LogP contribution in [-0.4, -0.2) is 53.0 Å². The molecular formula is C22H25N3O. The smallest absolute Gasteiger partial charge is 0.256 e. The maximum absolute atomic E-state index is 13.2. The second kappa shape index (κ2) is 7.34. The molecule has 2 heterocycles. The summed E-state index contributed by atoms with van der Waals surface area (Å²) in [7, 11) is 0. The van der Waals surface area contributed by atoms with Crippen molar-refractivity contribution in [2.24, 2.45) is 0 Å². The van der Waals surface area contributed by atoms with Gasteiger partial charge in [-0.15, -0.1) is 0 Å². The third kappa shape index (κ3) is 3.25. The molecule has 0 atom stereocenters. The highest BCUT2D eigenvalue weighted by molar-refractivity contribution is 6.07. The van der Waals surface area contributed by atoms with Crippen molar-refractivity contribution in [3.8, 4) is 0 Å². The number of piperazine rings is 1. The van der Waals surface area contributed by atoms with Gasteiger partial charge in [-0.2, -0.15) is 0 Å². The average molecular weight is 347 g/mol. The summed E-state index contributed by atoms with van der Waals surface area (Å²) < 4.78 is 2.19. The summed E-state index contributed by atoms with van der Waals surface area (Å²) in [6.45, 7) is 7.55. The van der Waals surface area contributed by atoms with Crippen LogP contribution in [-0.2, 0) is 6.54 Å². The molecule has 4 rings (SSSR count). The van der Waals surface area contributed by atoms with E-state index in [-0.39, 0.29) is 5.91 Å². The Hall–Kier alpha value is -2.59. The summed E-state index contributed by atoms with van der Waals surface area (Å²) in [5.41, 5.74) is 3.18. The van der Waals surface area contributed by atoms with Crippen LogP contribution in [0.3, 0.4) is 0 Å². The molecule has 26 heavy (non-hydrogen) atoms. The first-order valence-corrected chi connectivity index (χ1v) is 9.39. The van der Waals surface area contributed by atoms with Gasteiger partial charge in [0.05, 0.1) is 5.56 Å². The molecule has 1 amide bonds. The summed E-state index contributed by atoms with van der Waals surface area (Å²) in [6, 6.07) is 18.6. The number of amides is 1. The summed E-state index contributed by atoms with van der Waals surface area (Å²) in [5.74, 6) is 0.156. The van der Waals surface area contributed by atoms with E-state index in [1.165, 1.54) is 5.56 Å². The molecule has 0 spiro atoms. The predicted octanol–water partition coefficient (Wildman–Crippen LogP) is 3.47. The van der Waals surface area contributed by atoms with Crippen LogP contribution < -0.4 is 0 Å². The van der Waals surface area contributed by atoms with E-state index in [1.807, 2.05) is 29.3 Å². The molecule has 0 N–H and O–H groups in total. The summed E-state index contributed by atoms with van der Waals surface area (Å²) >= 11 is 0. The number of para-hydroxylation sites is 1. The van der Waals surface area contributed by atoms with Crippen molar-refractivity contribution < 1.29 is 4.79 Å². The van der Waals surface area contributed by atoms with Gasteiger partial charge in [-0.1, -0.05) is 55.5 Å². The predicted molar refractivity (Wildman–Crippen MR) is 105 cm³/mol. The minimum atomic E-state index is 0.156. The highest BCUT2D eigenvalue weighted by Crippen LogP contribution is 2.24. The minimum Gasteiger partial charge on any atom is -0.342 e. The Morgan fingerprint density at radius 1 is 0.923 bits per heavy atom. The van der Waals surface area contributed by atoms with Gasteiger partial charge in [0.25, 0.3) is 5.91 Å². The van der Waals surface area contributed by atoms with Crippen LogP contribution in [0, 0.1) is 0 Å². The van der Waals surface area contributed by atoms with Gasteiger partial charge in [-0.25, -0.2) is 0 Å². The molecule has 134 valence electrons. The van der Waals surface area contributed by atoms with Gasteiger partial charge in [-0.3, -0.25) is 4.79 Å². The van der Waals surface area contributed by atoms with E-state index >= 15 is 0 Å². The van der Waals surface area contributed by atoms with E-state index in [2.05, 4.69) is 52.8 Å². The topological polar surface area (TPSA) is 28.5 Å². The Bertz CT molecular complexity index is 892. The molecule has 1 aromatic heterocycles. The van der Waals surface area contributed by atoms with Crippen molar-refractivity contribution >= 4 is 16.8 Å². The zero-order valence-corrected chi connectivity index (χ0v) is 15.3. The van der Waals surface area contributed by atoms with Crippen molar-refractivity contribution in [1.82, 2.24) is 14.4 Å². The van der Waals surface area contributed by atoms with Crippen molar-refractivity contribution in [2.75, 3.05) is 32.7 Å². The van der Waals surface area contributed by atoms with Crippen LogP contribution >= 0.6 is 0 Å². The quantitative estimate of drug-likeness (QED) is 0.723. The summed E-state index contributed by atoms with van der Waals surface area (Å²) in [5, 5.41) is 1.05. The summed E-state index contributed by atoms with van der Waals surface area (Å²) in [6.07, 6.45) is 2.03. The van der Waals surface area contributed by atoms with Crippen LogP contribution in [0.25, 0.3) is 10.9 Å². The van der Waals surface area contributed by atoms with Crippen LogP contribution in [0.5, 0.6) is 0 Å². The molecular weight excluding hydrogens is 322 g/mol. The van der Waals surface area contributed by atoms with Gasteiger partial charge in [0.2, 0.25) is 0 Å². The Labute approximate surface area is 154 Å². The Morgan fingerprint density at radius 2 is 1.62 bits per heavy atom. The highest BCUT2D eigenvalue weighted by Gasteiger charge is 2.24. The molecule has 0 bridgehead atoms. The fraction of sp³-hybridized carbons (Fsp3) is 0.318. The fourth-order valence-corrected chi connectivity index (χ4v) is 3.77. The number of hydrogen-bond donors (Lipinski definition) is 0. The van der Waals surface area contributed by atoms with Gasteiger partial charge in [-0.05, 0) is 18.2 Å². The molecule has 1 fully saturated rings. The van der Waals surface area contributed by atoms with Gasteiger partial charge in [0, 0.05) is 49.8 Å². The van der Waals surface area contributed by atoms with Gasteiger partial charge < -0.3 is 14.4 Å². The number of aromatic nitrogens is 1. The third-order valence-electron chi connectivity index (χ3n) is 5.32. The molecule has 0 aliphatic carbocycles. The van der Waals surface area contributed by atoms with Crippen LogP contribution in [0.2, 0.25) is 0 Å². The van der Waals surface area contributed by atoms with Crippen LogP contribution in [0.1, 0.15) is 22.8 Å². The Morgan fingerprint density at radius 3 is 2.35 bits per heavy atom. The lowest BCUT2D eigenvalue weighted by atomic mass is 10.1. The molecule has 4 nitrogen and oxygen atoms in total. The molecule has 0 radical (unpaired) electrons. The summed E-state index contributed by atoms with van der Waals surface area (Å²) in [4.78, 5) is 17.6. The zero-order chi connectivity index (χ0) is 17.9. The number of carbonyl (C=O) groups excluding carboxylic acids is 1. The molecule has 1 saturated heterocycles. The van der Waals surface area contributed by atoms with E-state index in [9.17, 15) is 4.79 Å². The average Bonchev–Trinajstić information content (AvgIpc) is 3.07. The number of likely N-dealkylation sites (N-methyl/N-ethyl adjacent to an activating group) is 1. The minimum absolute atomic E-state index is 0.156. The SMILES string of the molecule is CCN1CCN(C(=O)c2cn(Cc3ccccc3)c3ccccc23)CC1. The van der Waals surface area contributed by atoms with Gasteiger partial charge >= 0.3 is 0 Å². The van der Waals surface area contributed by atoms with E-state index < -0.39 is 0 Å². The normalized spacial score (nSPS) is 15.5. The zero-order valence-electron chi connectivity index (χ0n) is 15.3. The highest BCUT2D eigenvalue weighted by atomic mass is 16.2. The molecule has 3 aromatic rings. The van der Waals surface area contributed by atoms with Crippen molar-refractivity contribution in [3.63, 3.8) is 0 Å². The van der Waals surface area contributed by atoms with Gasteiger partial charge in [0.1, 0.15) is 0 Å². The van der Waals surface area contributed by atoms with Crippen molar-refractivity contribution in [2.45, 2.75) is 13.5 Å². The number of hydrogen-bond acceptors (Lipinski definition) is 2. The molecule has 2 aromatic carbocycles. The molecule has 4 heteroatoms. The fourth-order valence-electron chi connectivity index (χ4n) is 3.77. The lowest BCUT2D eigenvalue weighted by molar-refractivity contribution is 0.0645. The number of nitrogens with zero attached hydrogens (tertiary/aromatic N) is 3. The monoisotopic (exact) mass is 347 g/mol. The molecule has 0 saturated carbocycles. The van der Waals surface area contributed by atoms with E-state index in [4.69, 9.17) is 0 Å². The van der Waals surface area contributed by atoms with Gasteiger partial charge in [0.15, 0.2) is 0 Å². The van der Waals surface area contributed by atoms with Crippen molar-refractivity contribution in [1.29, 1.82) is 0 Å².